The summed E-state index contributed by atoms with van der Waals surface area (Å²) in [5.74, 6) is 0.872. The summed E-state index contributed by atoms with van der Waals surface area (Å²) >= 11 is 0. The molecule has 0 unspecified atom stereocenters. The highest BCUT2D eigenvalue weighted by Crippen LogP contribution is 2.30. The fourth-order valence-electron chi connectivity index (χ4n) is 2.73. The van der Waals surface area contributed by atoms with Crippen LogP contribution >= 0.6 is 0 Å². The minimum Gasteiger partial charge on any atom is -0.457 e. The SMILES string of the molecule is CCC1(CNC(=O)CNC(=O)c2ccc(Oc3ccccc3)cc2)COC1. The third-order valence-corrected chi connectivity index (χ3v) is 4.73. The Kier molecular flexibility index (Phi) is 6.08. The number of ether oxygens (including phenoxy) is 2. The average molecular weight is 368 g/mol. The van der Waals surface area contributed by atoms with Crippen LogP contribution in [0.15, 0.2) is 54.6 Å². The van der Waals surface area contributed by atoms with E-state index in [9.17, 15) is 9.59 Å². The largest absolute Gasteiger partial charge is 0.457 e. The Bertz CT molecular complexity index is 765. The van der Waals surface area contributed by atoms with Crippen molar-refractivity contribution >= 4 is 11.8 Å². The number of para-hydroxylation sites is 1. The second-order valence-electron chi connectivity index (χ2n) is 6.75. The van der Waals surface area contributed by atoms with Gasteiger partial charge in [-0.25, -0.2) is 0 Å². The van der Waals surface area contributed by atoms with Gasteiger partial charge in [0, 0.05) is 17.5 Å². The van der Waals surface area contributed by atoms with Gasteiger partial charge in [0.05, 0.1) is 19.8 Å². The van der Waals surface area contributed by atoms with Gasteiger partial charge in [0.1, 0.15) is 11.5 Å². The van der Waals surface area contributed by atoms with E-state index in [1.165, 1.54) is 0 Å². The molecule has 142 valence electrons. The molecule has 2 amide bonds. The number of carbonyl (C=O) groups is 2. The molecule has 1 aliphatic heterocycles. The van der Waals surface area contributed by atoms with Crippen molar-refractivity contribution in [1.29, 1.82) is 0 Å². The van der Waals surface area contributed by atoms with Crippen LogP contribution in [0, 0.1) is 5.41 Å². The lowest BCUT2D eigenvalue weighted by Crippen LogP contribution is -2.51. The number of hydrogen-bond donors (Lipinski definition) is 2. The summed E-state index contributed by atoms with van der Waals surface area (Å²) in [6.45, 7) is 3.95. The van der Waals surface area contributed by atoms with E-state index in [-0.39, 0.29) is 23.8 Å². The molecule has 0 aliphatic carbocycles. The Morgan fingerprint density at radius 2 is 1.67 bits per heavy atom. The zero-order valence-corrected chi connectivity index (χ0v) is 15.4. The number of rotatable bonds is 8. The number of carbonyl (C=O) groups excluding carboxylic acids is 2. The third-order valence-electron chi connectivity index (χ3n) is 4.73. The highest BCUT2D eigenvalue weighted by Gasteiger charge is 2.36. The molecule has 0 saturated carbocycles. The van der Waals surface area contributed by atoms with Crippen LogP contribution in [0.4, 0.5) is 0 Å². The Morgan fingerprint density at radius 1 is 1.00 bits per heavy atom. The molecule has 0 aromatic heterocycles. The standard InChI is InChI=1S/C21H24N2O4/c1-2-21(14-26-15-21)13-23-19(24)12-22-20(25)16-8-10-18(11-9-16)27-17-6-4-3-5-7-17/h3-11H,2,12-15H2,1H3,(H,22,25)(H,23,24). The van der Waals surface area contributed by atoms with E-state index in [4.69, 9.17) is 9.47 Å². The van der Waals surface area contributed by atoms with E-state index >= 15 is 0 Å². The van der Waals surface area contributed by atoms with Gasteiger partial charge >= 0.3 is 0 Å². The fourth-order valence-corrected chi connectivity index (χ4v) is 2.73. The lowest BCUT2D eigenvalue weighted by atomic mass is 9.83. The van der Waals surface area contributed by atoms with Crippen molar-refractivity contribution in [3.05, 3.63) is 60.2 Å². The first-order valence-electron chi connectivity index (χ1n) is 9.06. The van der Waals surface area contributed by atoms with Crippen molar-refractivity contribution in [2.45, 2.75) is 13.3 Å². The highest BCUT2D eigenvalue weighted by atomic mass is 16.5. The quantitative estimate of drug-likeness (QED) is 0.751. The second-order valence-corrected chi connectivity index (χ2v) is 6.75. The van der Waals surface area contributed by atoms with Gasteiger partial charge in [-0.05, 0) is 42.8 Å². The molecule has 1 aliphatic rings. The molecule has 1 heterocycles. The summed E-state index contributed by atoms with van der Waals surface area (Å²) < 4.78 is 10.9. The van der Waals surface area contributed by atoms with Gasteiger partial charge in [0.2, 0.25) is 5.91 Å². The molecule has 0 radical (unpaired) electrons. The maximum atomic E-state index is 12.2. The zero-order valence-electron chi connectivity index (χ0n) is 15.4. The first-order valence-corrected chi connectivity index (χ1v) is 9.06. The number of hydrogen-bond acceptors (Lipinski definition) is 4. The van der Waals surface area contributed by atoms with Crippen LogP contribution < -0.4 is 15.4 Å². The van der Waals surface area contributed by atoms with Crippen LogP contribution in [0.3, 0.4) is 0 Å². The second kappa shape index (κ2) is 8.68. The van der Waals surface area contributed by atoms with Gasteiger partial charge in [-0.2, -0.15) is 0 Å². The predicted octanol–water partition coefficient (Wildman–Crippen LogP) is 2.75. The third kappa shape index (κ3) is 5.08. The van der Waals surface area contributed by atoms with Crippen molar-refractivity contribution in [1.82, 2.24) is 10.6 Å². The molecule has 2 aromatic rings. The smallest absolute Gasteiger partial charge is 0.251 e. The number of amides is 2. The van der Waals surface area contributed by atoms with Crippen molar-refractivity contribution in [3.8, 4) is 11.5 Å². The minimum atomic E-state index is -0.298. The van der Waals surface area contributed by atoms with E-state index < -0.39 is 0 Å². The molecular weight excluding hydrogens is 344 g/mol. The minimum absolute atomic E-state index is 0.0499. The van der Waals surface area contributed by atoms with Crippen LogP contribution in [0.5, 0.6) is 11.5 Å². The molecule has 1 saturated heterocycles. The molecule has 0 atom stereocenters. The number of benzene rings is 2. The van der Waals surface area contributed by atoms with Gasteiger partial charge in [0.15, 0.2) is 0 Å². The molecule has 0 bridgehead atoms. The topological polar surface area (TPSA) is 76.7 Å². The van der Waals surface area contributed by atoms with Gasteiger partial charge in [0.25, 0.3) is 5.91 Å². The average Bonchev–Trinajstić information content (AvgIpc) is 2.67. The fraction of sp³-hybridized carbons (Fsp3) is 0.333. The Morgan fingerprint density at radius 3 is 2.26 bits per heavy atom. The predicted molar refractivity (Wildman–Crippen MR) is 102 cm³/mol. The van der Waals surface area contributed by atoms with Crippen LogP contribution in [0.2, 0.25) is 0 Å². The molecule has 3 rings (SSSR count). The Labute approximate surface area is 158 Å². The maximum absolute atomic E-state index is 12.2. The van der Waals surface area contributed by atoms with Crippen molar-refractivity contribution in [2.75, 3.05) is 26.3 Å². The van der Waals surface area contributed by atoms with E-state index in [0.29, 0.717) is 31.1 Å². The van der Waals surface area contributed by atoms with Crippen molar-refractivity contribution < 1.29 is 19.1 Å². The van der Waals surface area contributed by atoms with Crippen molar-refractivity contribution in [3.63, 3.8) is 0 Å². The van der Waals surface area contributed by atoms with E-state index in [2.05, 4.69) is 17.6 Å². The van der Waals surface area contributed by atoms with E-state index in [1.807, 2.05) is 30.3 Å². The molecule has 6 heteroatoms. The Hall–Kier alpha value is -2.86. The normalized spacial score (nSPS) is 14.7. The first kappa shape index (κ1) is 18.9. The molecule has 2 aromatic carbocycles. The molecule has 27 heavy (non-hydrogen) atoms. The van der Waals surface area contributed by atoms with Crippen LogP contribution in [0.1, 0.15) is 23.7 Å². The summed E-state index contributed by atoms with van der Waals surface area (Å²) in [6.07, 6.45) is 0.955. The van der Waals surface area contributed by atoms with Crippen molar-refractivity contribution in [2.24, 2.45) is 5.41 Å². The van der Waals surface area contributed by atoms with Gasteiger partial charge in [-0.15, -0.1) is 0 Å². The van der Waals surface area contributed by atoms with Crippen LogP contribution in [0.25, 0.3) is 0 Å². The lowest BCUT2D eigenvalue weighted by Gasteiger charge is -2.40. The summed E-state index contributed by atoms with van der Waals surface area (Å²) in [5, 5.41) is 5.50. The Balaban J connectivity index is 1.44. The van der Waals surface area contributed by atoms with Gasteiger partial charge < -0.3 is 20.1 Å². The van der Waals surface area contributed by atoms with Gasteiger partial charge in [-0.3, -0.25) is 9.59 Å². The summed E-state index contributed by atoms with van der Waals surface area (Å²) in [4.78, 5) is 24.1. The molecular formula is C21H24N2O4. The zero-order chi connectivity index (χ0) is 19.1. The van der Waals surface area contributed by atoms with Crippen LogP contribution in [-0.2, 0) is 9.53 Å². The molecule has 2 N–H and O–H groups in total. The monoisotopic (exact) mass is 368 g/mol. The summed E-state index contributed by atoms with van der Waals surface area (Å²) in [7, 11) is 0. The molecule has 1 fully saturated rings. The highest BCUT2D eigenvalue weighted by molar-refractivity contribution is 5.96. The van der Waals surface area contributed by atoms with E-state index in [1.54, 1.807) is 24.3 Å². The van der Waals surface area contributed by atoms with E-state index in [0.717, 1.165) is 12.2 Å². The summed E-state index contributed by atoms with van der Waals surface area (Å²) in [5.41, 5.74) is 0.523. The summed E-state index contributed by atoms with van der Waals surface area (Å²) in [6, 6.07) is 16.2. The van der Waals surface area contributed by atoms with Crippen LogP contribution in [-0.4, -0.2) is 38.1 Å². The van der Waals surface area contributed by atoms with Gasteiger partial charge in [-0.1, -0.05) is 25.1 Å². The molecule has 6 nitrogen and oxygen atoms in total. The maximum Gasteiger partial charge on any atom is 0.251 e. The molecule has 0 spiro atoms. The lowest BCUT2D eigenvalue weighted by molar-refractivity contribution is -0.129. The first-order chi connectivity index (χ1) is 13.1. The number of nitrogens with one attached hydrogen (secondary N) is 2.